The van der Waals surface area contributed by atoms with Crippen LogP contribution < -0.4 is 0 Å². The van der Waals surface area contributed by atoms with Crippen molar-refractivity contribution in [2.24, 2.45) is 0 Å². The van der Waals surface area contributed by atoms with Crippen LogP contribution in [0, 0.1) is 0 Å². The van der Waals surface area contributed by atoms with Gasteiger partial charge in [0, 0.05) is 6.42 Å². The molecule has 0 atom stereocenters. The molecule has 122 valence electrons. The highest BCUT2D eigenvalue weighted by Gasteiger charge is 2.13. The van der Waals surface area contributed by atoms with Crippen LogP contribution >= 0.6 is 0 Å². The Morgan fingerprint density at radius 1 is 0.550 bits per heavy atom. The highest BCUT2D eigenvalue weighted by atomic mass is 16.5. The molecule has 0 amide bonds. The van der Waals surface area contributed by atoms with Gasteiger partial charge in [0.1, 0.15) is 0 Å². The molecule has 2 nitrogen and oxygen atoms in total. The number of hydrogen-bond donors (Lipinski definition) is 2. The summed E-state index contributed by atoms with van der Waals surface area (Å²) in [5.74, 6) is -1.46. The molecule has 0 saturated heterocycles. The first-order valence-corrected chi connectivity index (χ1v) is 9.01. The van der Waals surface area contributed by atoms with Gasteiger partial charge in [-0.2, -0.15) is 0 Å². The average molecular weight is 286 g/mol. The zero-order valence-electron chi connectivity index (χ0n) is 14.0. The second-order valence-corrected chi connectivity index (χ2v) is 6.56. The van der Waals surface area contributed by atoms with Crippen LogP contribution in [-0.2, 0) is 0 Å². The minimum Gasteiger partial charge on any atom is -0.366 e. The third-order valence-electron chi connectivity index (χ3n) is 4.00. The van der Waals surface area contributed by atoms with Gasteiger partial charge in [-0.3, -0.25) is 0 Å². The number of unbranched alkanes of at least 4 members (excludes halogenated alkanes) is 13. The zero-order valence-corrected chi connectivity index (χ0v) is 14.0. The van der Waals surface area contributed by atoms with Crippen molar-refractivity contribution in [1.29, 1.82) is 0 Å². The summed E-state index contributed by atoms with van der Waals surface area (Å²) in [4.78, 5) is 0. The van der Waals surface area contributed by atoms with E-state index in [9.17, 15) is 0 Å². The molecule has 0 bridgehead atoms. The van der Waals surface area contributed by atoms with Gasteiger partial charge in [-0.1, -0.05) is 90.4 Å². The Bertz CT molecular complexity index is 184. The van der Waals surface area contributed by atoms with E-state index in [1.165, 1.54) is 84.0 Å². The van der Waals surface area contributed by atoms with Gasteiger partial charge < -0.3 is 10.2 Å². The van der Waals surface area contributed by atoms with Gasteiger partial charge >= 0.3 is 0 Å². The molecule has 0 aromatic carbocycles. The lowest BCUT2D eigenvalue weighted by atomic mass is 10.0. The van der Waals surface area contributed by atoms with Gasteiger partial charge in [0.05, 0.1) is 0 Å². The van der Waals surface area contributed by atoms with E-state index in [-0.39, 0.29) is 0 Å². The molecular weight excluding hydrogens is 248 g/mol. The maximum atomic E-state index is 9.16. The van der Waals surface area contributed by atoms with E-state index in [1.54, 1.807) is 0 Å². The van der Waals surface area contributed by atoms with Gasteiger partial charge in [-0.25, -0.2) is 0 Å². The molecule has 0 aromatic rings. The highest BCUT2D eigenvalue weighted by molar-refractivity contribution is 4.56. The van der Waals surface area contributed by atoms with E-state index in [0.29, 0.717) is 6.42 Å². The summed E-state index contributed by atoms with van der Waals surface area (Å²) >= 11 is 0. The number of rotatable bonds is 15. The predicted molar refractivity (Wildman–Crippen MR) is 87.8 cm³/mol. The molecule has 0 aliphatic carbocycles. The molecule has 0 rings (SSSR count). The molecule has 0 saturated carbocycles. The first kappa shape index (κ1) is 19.9. The lowest BCUT2D eigenvalue weighted by Gasteiger charge is -2.14. The van der Waals surface area contributed by atoms with Crippen LogP contribution in [0.15, 0.2) is 0 Å². The van der Waals surface area contributed by atoms with Crippen molar-refractivity contribution in [2.45, 2.75) is 116 Å². The van der Waals surface area contributed by atoms with E-state index in [1.807, 2.05) is 0 Å². The van der Waals surface area contributed by atoms with Crippen molar-refractivity contribution in [1.82, 2.24) is 0 Å². The van der Waals surface area contributed by atoms with E-state index in [4.69, 9.17) is 10.2 Å². The molecule has 2 N–H and O–H groups in total. The van der Waals surface area contributed by atoms with Crippen molar-refractivity contribution in [3.63, 3.8) is 0 Å². The molecule has 0 aromatic heterocycles. The highest BCUT2D eigenvalue weighted by Crippen LogP contribution is 2.15. The van der Waals surface area contributed by atoms with Crippen LogP contribution in [0.25, 0.3) is 0 Å². The molecule has 0 aliphatic heterocycles. The van der Waals surface area contributed by atoms with Crippen LogP contribution in [0.5, 0.6) is 0 Å². The van der Waals surface area contributed by atoms with Crippen LogP contribution in [0.2, 0.25) is 0 Å². The minimum atomic E-state index is -1.46. The van der Waals surface area contributed by atoms with Gasteiger partial charge in [-0.05, 0) is 13.3 Å². The smallest absolute Gasteiger partial charge is 0.159 e. The van der Waals surface area contributed by atoms with E-state index >= 15 is 0 Å². The fourth-order valence-corrected chi connectivity index (χ4v) is 2.65. The van der Waals surface area contributed by atoms with E-state index < -0.39 is 5.79 Å². The lowest BCUT2D eigenvalue weighted by molar-refractivity contribution is -0.150. The standard InChI is InChI=1S/C18H38O2/c1-3-4-5-6-7-8-9-10-11-12-13-14-15-16-17-18(2,19)20/h19-20H,3-17H2,1-2H3. The number of aliphatic hydroxyl groups is 2. The van der Waals surface area contributed by atoms with Crippen LogP contribution in [0.3, 0.4) is 0 Å². The molecule has 0 radical (unpaired) electrons. The summed E-state index contributed by atoms with van der Waals surface area (Å²) in [5.41, 5.74) is 0. The summed E-state index contributed by atoms with van der Waals surface area (Å²) in [6.45, 7) is 3.74. The zero-order chi connectivity index (χ0) is 15.1. The maximum absolute atomic E-state index is 9.16. The molecule has 0 fully saturated rings. The van der Waals surface area contributed by atoms with Crippen molar-refractivity contribution in [3.8, 4) is 0 Å². The van der Waals surface area contributed by atoms with Crippen LogP contribution in [0.1, 0.15) is 110 Å². The normalized spacial score (nSPS) is 12.0. The Labute approximate surface area is 127 Å². The van der Waals surface area contributed by atoms with E-state index in [0.717, 1.165) is 12.8 Å². The quantitative estimate of drug-likeness (QED) is 0.306. The van der Waals surface area contributed by atoms with Crippen LogP contribution in [0.4, 0.5) is 0 Å². The molecule has 0 unspecified atom stereocenters. The summed E-state index contributed by atoms with van der Waals surface area (Å²) < 4.78 is 0. The third-order valence-corrected chi connectivity index (χ3v) is 4.00. The monoisotopic (exact) mass is 286 g/mol. The maximum Gasteiger partial charge on any atom is 0.159 e. The summed E-state index contributed by atoms with van der Waals surface area (Å²) in [6, 6.07) is 0. The summed E-state index contributed by atoms with van der Waals surface area (Å²) in [7, 11) is 0. The molecular formula is C18H38O2. The molecule has 0 spiro atoms. The Morgan fingerprint density at radius 2 is 0.850 bits per heavy atom. The van der Waals surface area contributed by atoms with Crippen molar-refractivity contribution < 1.29 is 10.2 Å². The molecule has 2 heteroatoms. The average Bonchev–Trinajstić information content (AvgIpc) is 2.38. The Hall–Kier alpha value is -0.0800. The molecule has 0 heterocycles. The largest absolute Gasteiger partial charge is 0.366 e. The Balaban J connectivity index is 2.99. The van der Waals surface area contributed by atoms with Crippen molar-refractivity contribution >= 4 is 0 Å². The number of hydrogen-bond acceptors (Lipinski definition) is 2. The molecule has 0 aliphatic rings. The lowest BCUT2D eigenvalue weighted by Crippen LogP contribution is -2.22. The van der Waals surface area contributed by atoms with Gasteiger partial charge in [-0.15, -0.1) is 0 Å². The van der Waals surface area contributed by atoms with Crippen LogP contribution in [-0.4, -0.2) is 16.0 Å². The summed E-state index contributed by atoms with van der Waals surface area (Å²) in [6.07, 6.45) is 19.1. The van der Waals surface area contributed by atoms with Gasteiger partial charge in [0.2, 0.25) is 0 Å². The van der Waals surface area contributed by atoms with Crippen molar-refractivity contribution in [3.05, 3.63) is 0 Å². The predicted octanol–water partition coefficient (Wildman–Crippen LogP) is 5.56. The first-order valence-electron chi connectivity index (χ1n) is 9.01. The van der Waals surface area contributed by atoms with Crippen molar-refractivity contribution in [2.75, 3.05) is 0 Å². The van der Waals surface area contributed by atoms with Gasteiger partial charge in [0.25, 0.3) is 0 Å². The first-order chi connectivity index (χ1) is 9.56. The minimum absolute atomic E-state index is 0.505. The molecule has 20 heavy (non-hydrogen) atoms. The fraction of sp³-hybridized carbons (Fsp3) is 1.00. The van der Waals surface area contributed by atoms with Gasteiger partial charge in [0.15, 0.2) is 5.79 Å². The SMILES string of the molecule is CCCCCCCCCCCCCCCCC(C)(O)O. The van der Waals surface area contributed by atoms with E-state index in [2.05, 4.69) is 6.92 Å². The topological polar surface area (TPSA) is 40.5 Å². The Kier molecular flexibility index (Phi) is 13.8. The Morgan fingerprint density at radius 3 is 1.15 bits per heavy atom. The second-order valence-electron chi connectivity index (χ2n) is 6.56. The fourth-order valence-electron chi connectivity index (χ4n) is 2.65. The second kappa shape index (κ2) is 13.9. The third kappa shape index (κ3) is 17.9. The summed E-state index contributed by atoms with van der Waals surface area (Å²) in [5, 5.41) is 18.3.